The molecule has 1 aliphatic heterocycles. The first kappa shape index (κ1) is 16.3. The number of anilines is 1. The van der Waals surface area contributed by atoms with Crippen LogP contribution < -0.4 is 10.2 Å². The second-order valence-electron chi connectivity index (χ2n) is 5.74. The first-order valence-corrected chi connectivity index (χ1v) is 7.80. The Bertz CT molecular complexity index is 438. The first-order chi connectivity index (χ1) is 10.2. The lowest BCUT2D eigenvalue weighted by atomic mass is 10.1. The van der Waals surface area contributed by atoms with Crippen LogP contribution in [0.3, 0.4) is 0 Å². The molecule has 0 aromatic heterocycles. The Labute approximate surface area is 128 Å². The number of ether oxygens (including phenoxy) is 2. The zero-order valence-corrected chi connectivity index (χ0v) is 13.7. The van der Waals surface area contributed by atoms with Gasteiger partial charge in [-0.1, -0.05) is 13.0 Å². The molecule has 1 aliphatic rings. The van der Waals surface area contributed by atoms with Crippen molar-refractivity contribution < 1.29 is 9.47 Å². The molecule has 4 nitrogen and oxygen atoms in total. The maximum Gasteiger partial charge on any atom is 0.102 e. The molecule has 4 heteroatoms. The molecule has 2 atom stereocenters. The Morgan fingerprint density at radius 1 is 1.19 bits per heavy atom. The average Bonchev–Trinajstić information content (AvgIpc) is 2.92. The van der Waals surface area contributed by atoms with E-state index in [0.29, 0.717) is 0 Å². The van der Waals surface area contributed by atoms with Crippen LogP contribution in [0.15, 0.2) is 18.2 Å². The molecule has 21 heavy (non-hydrogen) atoms. The molecule has 0 radical (unpaired) electrons. The number of benzene rings is 1. The summed E-state index contributed by atoms with van der Waals surface area (Å²) in [5.74, 6) is 0. The minimum atomic E-state index is 0.154. The second kappa shape index (κ2) is 7.78. The Morgan fingerprint density at radius 2 is 1.86 bits per heavy atom. The minimum absolute atomic E-state index is 0.154. The third kappa shape index (κ3) is 3.96. The molecule has 1 aromatic carbocycles. The smallest absolute Gasteiger partial charge is 0.102 e. The number of rotatable bonds is 7. The molecule has 0 aliphatic carbocycles. The summed E-state index contributed by atoms with van der Waals surface area (Å²) in [7, 11) is 3.52. The molecular formula is C17H28N2O2. The summed E-state index contributed by atoms with van der Waals surface area (Å²) in [4.78, 5) is 2.35. The van der Waals surface area contributed by atoms with E-state index in [4.69, 9.17) is 9.47 Å². The number of nitrogens with zero attached hydrogens (tertiary/aromatic N) is 1. The Hall–Kier alpha value is -1.10. The van der Waals surface area contributed by atoms with Crippen molar-refractivity contribution in [1.82, 2.24) is 5.32 Å². The van der Waals surface area contributed by atoms with Crippen molar-refractivity contribution >= 4 is 5.69 Å². The van der Waals surface area contributed by atoms with Crippen molar-refractivity contribution in [2.75, 3.05) is 38.8 Å². The highest BCUT2D eigenvalue weighted by Crippen LogP contribution is 2.25. The van der Waals surface area contributed by atoms with E-state index in [-0.39, 0.29) is 12.2 Å². The van der Waals surface area contributed by atoms with Crippen LogP contribution in [0.1, 0.15) is 24.5 Å². The molecule has 1 aromatic rings. The van der Waals surface area contributed by atoms with Gasteiger partial charge in [-0.05, 0) is 43.1 Å². The van der Waals surface area contributed by atoms with Crippen LogP contribution in [0.5, 0.6) is 0 Å². The van der Waals surface area contributed by atoms with Crippen LogP contribution >= 0.6 is 0 Å². The van der Waals surface area contributed by atoms with Crippen molar-refractivity contribution in [3.8, 4) is 0 Å². The fourth-order valence-corrected chi connectivity index (χ4v) is 2.88. The number of nitrogens with one attached hydrogen (secondary N) is 1. The predicted molar refractivity (Wildman–Crippen MR) is 87.0 cm³/mol. The SMILES string of the molecule is CCCNCc1ccc(N2CC(OC)C(OC)C2)cc1C. The highest BCUT2D eigenvalue weighted by Gasteiger charge is 2.33. The molecule has 0 spiro atoms. The molecule has 2 unspecified atom stereocenters. The molecule has 0 amide bonds. The topological polar surface area (TPSA) is 33.7 Å². The summed E-state index contributed by atoms with van der Waals surface area (Å²) in [6, 6.07) is 6.71. The molecule has 1 N–H and O–H groups in total. The van der Waals surface area contributed by atoms with Gasteiger partial charge in [0.2, 0.25) is 0 Å². The molecule has 1 heterocycles. The Morgan fingerprint density at radius 3 is 2.38 bits per heavy atom. The molecule has 1 saturated heterocycles. The summed E-state index contributed by atoms with van der Waals surface area (Å²) < 4.78 is 11.0. The van der Waals surface area contributed by atoms with Gasteiger partial charge in [0.05, 0.1) is 0 Å². The summed E-state index contributed by atoms with van der Waals surface area (Å²) in [5.41, 5.74) is 3.97. The van der Waals surface area contributed by atoms with Gasteiger partial charge in [0, 0.05) is 39.5 Å². The molecule has 1 fully saturated rings. The molecule has 118 valence electrons. The quantitative estimate of drug-likeness (QED) is 0.782. The van der Waals surface area contributed by atoms with Gasteiger partial charge >= 0.3 is 0 Å². The predicted octanol–water partition coefficient (Wildman–Crippen LogP) is 2.34. The highest BCUT2D eigenvalue weighted by molar-refractivity contribution is 5.52. The van der Waals surface area contributed by atoms with Crippen LogP contribution in [0.25, 0.3) is 0 Å². The van der Waals surface area contributed by atoms with Gasteiger partial charge in [0.25, 0.3) is 0 Å². The van der Waals surface area contributed by atoms with Crippen molar-refractivity contribution in [3.05, 3.63) is 29.3 Å². The number of aryl methyl sites for hydroxylation is 1. The summed E-state index contributed by atoms with van der Waals surface area (Å²) >= 11 is 0. The van der Waals surface area contributed by atoms with Crippen molar-refractivity contribution in [2.24, 2.45) is 0 Å². The van der Waals surface area contributed by atoms with E-state index in [1.807, 2.05) is 0 Å². The van der Waals surface area contributed by atoms with E-state index in [2.05, 4.69) is 42.3 Å². The van der Waals surface area contributed by atoms with Gasteiger partial charge in [-0.25, -0.2) is 0 Å². The zero-order chi connectivity index (χ0) is 15.2. The van der Waals surface area contributed by atoms with E-state index in [1.54, 1.807) is 14.2 Å². The molecule has 0 saturated carbocycles. The van der Waals surface area contributed by atoms with E-state index in [0.717, 1.165) is 26.2 Å². The Balaban J connectivity index is 2.03. The molecule has 0 bridgehead atoms. The van der Waals surface area contributed by atoms with E-state index in [1.165, 1.54) is 23.2 Å². The van der Waals surface area contributed by atoms with E-state index < -0.39 is 0 Å². The lowest BCUT2D eigenvalue weighted by Crippen LogP contribution is -2.27. The lowest BCUT2D eigenvalue weighted by molar-refractivity contribution is -0.00461. The fourth-order valence-electron chi connectivity index (χ4n) is 2.88. The maximum atomic E-state index is 5.51. The van der Waals surface area contributed by atoms with Crippen LogP contribution in [-0.4, -0.2) is 46.1 Å². The zero-order valence-electron chi connectivity index (χ0n) is 13.7. The van der Waals surface area contributed by atoms with Gasteiger partial charge in [-0.15, -0.1) is 0 Å². The van der Waals surface area contributed by atoms with Crippen LogP contribution in [-0.2, 0) is 16.0 Å². The van der Waals surface area contributed by atoms with Crippen molar-refractivity contribution in [2.45, 2.75) is 39.0 Å². The van der Waals surface area contributed by atoms with Gasteiger partial charge in [0.1, 0.15) is 12.2 Å². The first-order valence-electron chi connectivity index (χ1n) is 7.80. The standard InChI is InChI=1S/C17H28N2O2/c1-5-8-18-10-14-6-7-15(9-13(14)2)19-11-16(20-3)17(12-19)21-4/h6-7,9,16-18H,5,8,10-12H2,1-4H3. The highest BCUT2D eigenvalue weighted by atomic mass is 16.5. The summed E-state index contributed by atoms with van der Waals surface area (Å²) in [6.45, 7) is 8.17. The van der Waals surface area contributed by atoms with E-state index in [9.17, 15) is 0 Å². The van der Waals surface area contributed by atoms with E-state index >= 15 is 0 Å². The van der Waals surface area contributed by atoms with Gasteiger partial charge in [-0.2, -0.15) is 0 Å². The normalized spacial score (nSPS) is 22.0. The number of hydrogen-bond donors (Lipinski definition) is 1. The van der Waals surface area contributed by atoms with Gasteiger partial charge < -0.3 is 19.7 Å². The van der Waals surface area contributed by atoms with Crippen molar-refractivity contribution in [1.29, 1.82) is 0 Å². The summed E-state index contributed by atoms with van der Waals surface area (Å²) in [5, 5.41) is 3.46. The average molecular weight is 292 g/mol. The van der Waals surface area contributed by atoms with Gasteiger partial charge in [0.15, 0.2) is 0 Å². The van der Waals surface area contributed by atoms with Gasteiger partial charge in [-0.3, -0.25) is 0 Å². The maximum absolute atomic E-state index is 5.51. The fraction of sp³-hybridized carbons (Fsp3) is 0.647. The van der Waals surface area contributed by atoms with Crippen LogP contribution in [0, 0.1) is 6.92 Å². The number of methoxy groups -OCH3 is 2. The van der Waals surface area contributed by atoms with Crippen LogP contribution in [0.4, 0.5) is 5.69 Å². The van der Waals surface area contributed by atoms with Crippen LogP contribution in [0.2, 0.25) is 0 Å². The largest absolute Gasteiger partial charge is 0.377 e. The monoisotopic (exact) mass is 292 g/mol. The third-order valence-corrected chi connectivity index (χ3v) is 4.25. The summed E-state index contributed by atoms with van der Waals surface area (Å²) in [6.07, 6.45) is 1.48. The molecular weight excluding hydrogens is 264 g/mol. The second-order valence-corrected chi connectivity index (χ2v) is 5.74. The Kier molecular flexibility index (Phi) is 6.03. The molecule has 2 rings (SSSR count). The van der Waals surface area contributed by atoms with Crippen molar-refractivity contribution in [3.63, 3.8) is 0 Å². The number of hydrogen-bond acceptors (Lipinski definition) is 4. The lowest BCUT2D eigenvalue weighted by Gasteiger charge is -2.20. The minimum Gasteiger partial charge on any atom is -0.377 e. The third-order valence-electron chi connectivity index (χ3n) is 4.25.